The van der Waals surface area contributed by atoms with Crippen LogP contribution in [0.3, 0.4) is 0 Å². The molecule has 5 nitrogen and oxygen atoms in total. The van der Waals surface area contributed by atoms with Crippen molar-refractivity contribution in [1.29, 1.82) is 0 Å². The molecular weight excluding hydrogens is 328 g/mol. The van der Waals surface area contributed by atoms with Crippen molar-refractivity contribution < 1.29 is 14.3 Å². The number of ether oxygens (including phenoxy) is 2. The molecule has 0 bridgehead atoms. The summed E-state index contributed by atoms with van der Waals surface area (Å²) in [6.45, 7) is 11.3. The molecule has 1 aliphatic rings. The molecular formula is C21H34N2O3. The number of hydrogen-bond donors (Lipinski definition) is 2. The van der Waals surface area contributed by atoms with Crippen molar-refractivity contribution in [2.45, 2.75) is 52.6 Å². The van der Waals surface area contributed by atoms with E-state index in [0.29, 0.717) is 19.1 Å². The van der Waals surface area contributed by atoms with Crippen molar-refractivity contribution >= 4 is 5.91 Å². The summed E-state index contributed by atoms with van der Waals surface area (Å²) in [6.07, 6.45) is 1.48. The molecule has 26 heavy (non-hydrogen) atoms. The third-order valence-corrected chi connectivity index (χ3v) is 5.22. The summed E-state index contributed by atoms with van der Waals surface area (Å²) in [5.74, 6) is 1.08. The number of rotatable bonds is 8. The number of amides is 1. The van der Waals surface area contributed by atoms with Crippen LogP contribution in [0.2, 0.25) is 0 Å². The van der Waals surface area contributed by atoms with Crippen LogP contribution in [0.4, 0.5) is 0 Å². The lowest BCUT2D eigenvalue weighted by Gasteiger charge is -2.37. The molecule has 2 N–H and O–H groups in total. The maximum Gasteiger partial charge on any atom is 0.260 e. The largest absolute Gasteiger partial charge is 0.481 e. The maximum absolute atomic E-state index is 12.6. The Hall–Kier alpha value is -1.59. The van der Waals surface area contributed by atoms with E-state index in [0.717, 1.165) is 42.8 Å². The predicted molar refractivity (Wildman–Crippen MR) is 105 cm³/mol. The zero-order valence-electron chi connectivity index (χ0n) is 16.9. The van der Waals surface area contributed by atoms with E-state index in [1.165, 1.54) is 0 Å². The second-order valence-corrected chi connectivity index (χ2v) is 7.86. The van der Waals surface area contributed by atoms with E-state index >= 15 is 0 Å². The summed E-state index contributed by atoms with van der Waals surface area (Å²) >= 11 is 0. The molecule has 1 aromatic carbocycles. The smallest absolute Gasteiger partial charge is 0.260 e. The Balaban J connectivity index is 1.98. The number of piperidine rings is 1. The highest BCUT2D eigenvalue weighted by molar-refractivity contribution is 5.80. The number of hydrogen-bond acceptors (Lipinski definition) is 4. The standard InChI is InChI=1S/C21H34N2O3/c1-15(2)18-7-6-16(3)12-19(18)26-17(4)20(24)23-13-21(14-25-5)8-10-22-11-9-21/h6-7,12,15,17,22H,8-11,13-14H2,1-5H3,(H,23,24). The number of nitrogens with one attached hydrogen (secondary N) is 2. The molecule has 1 saturated heterocycles. The highest BCUT2D eigenvalue weighted by Gasteiger charge is 2.33. The van der Waals surface area contributed by atoms with E-state index in [9.17, 15) is 4.79 Å². The Bertz CT molecular complexity index is 589. The predicted octanol–water partition coefficient (Wildman–Crippen LogP) is 3.02. The second-order valence-electron chi connectivity index (χ2n) is 7.86. The molecule has 1 fully saturated rings. The van der Waals surface area contributed by atoms with Gasteiger partial charge in [0.2, 0.25) is 0 Å². The van der Waals surface area contributed by atoms with Crippen LogP contribution in [0.15, 0.2) is 18.2 Å². The van der Waals surface area contributed by atoms with Gasteiger partial charge in [0.25, 0.3) is 5.91 Å². The average Bonchev–Trinajstić information content (AvgIpc) is 2.60. The van der Waals surface area contributed by atoms with E-state index in [1.807, 2.05) is 19.9 Å². The quantitative estimate of drug-likeness (QED) is 0.746. The lowest BCUT2D eigenvalue weighted by Crippen LogP contribution is -2.49. The Morgan fingerprint density at radius 3 is 2.58 bits per heavy atom. The van der Waals surface area contributed by atoms with Gasteiger partial charge in [0.05, 0.1) is 6.61 Å². The Morgan fingerprint density at radius 1 is 1.27 bits per heavy atom. The van der Waals surface area contributed by atoms with Crippen molar-refractivity contribution in [3.63, 3.8) is 0 Å². The molecule has 0 aliphatic carbocycles. The highest BCUT2D eigenvalue weighted by Crippen LogP contribution is 2.29. The maximum atomic E-state index is 12.6. The fraction of sp³-hybridized carbons (Fsp3) is 0.667. The van der Waals surface area contributed by atoms with Gasteiger partial charge >= 0.3 is 0 Å². The molecule has 1 amide bonds. The van der Waals surface area contributed by atoms with Crippen LogP contribution in [0.25, 0.3) is 0 Å². The third kappa shape index (κ3) is 5.45. The van der Waals surface area contributed by atoms with Crippen LogP contribution in [0, 0.1) is 12.3 Å². The number of benzene rings is 1. The minimum Gasteiger partial charge on any atom is -0.481 e. The summed E-state index contributed by atoms with van der Waals surface area (Å²) < 4.78 is 11.4. The van der Waals surface area contributed by atoms with Crippen LogP contribution in [-0.2, 0) is 9.53 Å². The van der Waals surface area contributed by atoms with Gasteiger partial charge in [-0.1, -0.05) is 26.0 Å². The second kappa shape index (κ2) is 9.38. The van der Waals surface area contributed by atoms with Crippen molar-refractivity contribution in [2.75, 3.05) is 33.4 Å². The zero-order valence-corrected chi connectivity index (χ0v) is 16.9. The van der Waals surface area contributed by atoms with Crippen LogP contribution in [0.5, 0.6) is 5.75 Å². The fourth-order valence-corrected chi connectivity index (χ4v) is 3.52. The lowest BCUT2D eigenvalue weighted by atomic mass is 9.79. The minimum absolute atomic E-state index is 0.0157. The molecule has 5 heteroatoms. The summed E-state index contributed by atoms with van der Waals surface area (Å²) in [5, 5.41) is 6.46. The molecule has 146 valence electrons. The fourth-order valence-electron chi connectivity index (χ4n) is 3.52. The van der Waals surface area contributed by atoms with Crippen molar-refractivity contribution in [2.24, 2.45) is 5.41 Å². The molecule has 1 atom stereocenters. The minimum atomic E-state index is -0.532. The van der Waals surface area contributed by atoms with Crippen molar-refractivity contribution in [3.8, 4) is 5.75 Å². The zero-order chi connectivity index (χ0) is 19.2. The van der Waals surface area contributed by atoms with Gasteiger partial charge in [0.1, 0.15) is 5.75 Å². The molecule has 1 aliphatic heterocycles. The molecule has 0 radical (unpaired) electrons. The molecule has 0 aromatic heterocycles. The summed E-state index contributed by atoms with van der Waals surface area (Å²) in [4.78, 5) is 12.6. The number of aryl methyl sites for hydroxylation is 1. The normalized spacial score (nSPS) is 17.8. The number of methoxy groups -OCH3 is 1. The average molecular weight is 363 g/mol. The van der Waals surface area contributed by atoms with E-state index in [-0.39, 0.29) is 11.3 Å². The van der Waals surface area contributed by atoms with Crippen molar-refractivity contribution in [1.82, 2.24) is 10.6 Å². The Labute approximate surface area is 157 Å². The Kier molecular flexibility index (Phi) is 7.47. The first-order valence-corrected chi connectivity index (χ1v) is 9.61. The lowest BCUT2D eigenvalue weighted by molar-refractivity contribution is -0.128. The van der Waals surface area contributed by atoms with Crippen LogP contribution in [0.1, 0.15) is 50.7 Å². The molecule has 0 saturated carbocycles. The Morgan fingerprint density at radius 2 is 1.96 bits per heavy atom. The van der Waals surface area contributed by atoms with Gasteiger partial charge in [0, 0.05) is 19.1 Å². The number of carbonyl (C=O) groups excluding carboxylic acids is 1. The summed E-state index contributed by atoms with van der Waals surface area (Å²) in [6, 6.07) is 6.18. The van der Waals surface area contributed by atoms with Gasteiger partial charge in [-0.3, -0.25) is 4.79 Å². The molecule has 2 rings (SSSR count). The van der Waals surface area contributed by atoms with Crippen molar-refractivity contribution in [3.05, 3.63) is 29.3 Å². The van der Waals surface area contributed by atoms with E-state index in [4.69, 9.17) is 9.47 Å². The first-order valence-electron chi connectivity index (χ1n) is 9.61. The van der Waals surface area contributed by atoms with Gasteiger partial charge in [-0.2, -0.15) is 0 Å². The van der Waals surface area contributed by atoms with Crippen LogP contribution < -0.4 is 15.4 Å². The summed E-state index contributed by atoms with van der Waals surface area (Å²) in [5.41, 5.74) is 2.28. The first-order chi connectivity index (χ1) is 12.4. The SMILES string of the molecule is COCC1(CNC(=O)C(C)Oc2cc(C)ccc2C(C)C)CCNCC1. The van der Waals surface area contributed by atoms with Gasteiger partial charge in [0.15, 0.2) is 6.10 Å². The highest BCUT2D eigenvalue weighted by atomic mass is 16.5. The van der Waals surface area contributed by atoms with Crippen LogP contribution >= 0.6 is 0 Å². The van der Waals surface area contributed by atoms with Gasteiger partial charge < -0.3 is 20.1 Å². The molecule has 1 unspecified atom stereocenters. The summed E-state index contributed by atoms with van der Waals surface area (Å²) in [7, 11) is 1.72. The number of carbonyl (C=O) groups is 1. The molecule has 1 heterocycles. The molecule has 1 aromatic rings. The van der Waals surface area contributed by atoms with Crippen LogP contribution in [-0.4, -0.2) is 45.4 Å². The topological polar surface area (TPSA) is 59.6 Å². The van der Waals surface area contributed by atoms with E-state index < -0.39 is 6.10 Å². The van der Waals surface area contributed by atoms with Gasteiger partial charge in [-0.15, -0.1) is 0 Å². The van der Waals surface area contributed by atoms with Gasteiger partial charge in [-0.25, -0.2) is 0 Å². The van der Waals surface area contributed by atoms with E-state index in [1.54, 1.807) is 7.11 Å². The van der Waals surface area contributed by atoms with E-state index in [2.05, 4.69) is 36.6 Å². The monoisotopic (exact) mass is 362 g/mol. The van der Waals surface area contributed by atoms with Gasteiger partial charge in [-0.05, 0) is 62.9 Å². The molecule has 0 spiro atoms. The first kappa shape index (κ1) is 20.7. The third-order valence-electron chi connectivity index (χ3n) is 5.22.